The van der Waals surface area contributed by atoms with Crippen molar-refractivity contribution < 1.29 is 14.3 Å². The van der Waals surface area contributed by atoms with Gasteiger partial charge in [-0.15, -0.1) is 0 Å². The van der Waals surface area contributed by atoms with Crippen LogP contribution in [0.25, 0.3) is 0 Å². The molecule has 0 atom stereocenters. The lowest BCUT2D eigenvalue weighted by Crippen LogP contribution is -2.40. The first-order valence-corrected chi connectivity index (χ1v) is 8.82. The van der Waals surface area contributed by atoms with Crippen molar-refractivity contribution in [1.29, 1.82) is 0 Å². The lowest BCUT2D eigenvalue weighted by atomic mass is 10.2. The van der Waals surface area contributed by atoms with E-state index in [1.54, 1.807) is 36.1 Å². The second-order valence-corrected chi connectivity index (χ2v) is 5.82. The van der Waals surface area contributed by atoms with Crippen LogP contribution in [0.15, 0.2) is 24.3 Å². The van der Waals surface area contributed by atoms with Crippen molar-refractivity contribution in [1.82, 2.24) is 9.80 Å². The SMILES string of the molecule is CCOC(=O)CCN(CCN(CC)CC)C(=O)c1cccc(Cl)c1. The standard InChI is InChI=1S/C18H27ClN2O3/c1-4-20(5-2)12-13-21(11-10-17(22)24-6-3)18(23)15-8-7-9-16(19)14-15/h7-9,14H,4-6,10-13H2,1-3H3. The molecule has 0 spiro atoms. The van der Waals surface area contributed by atoms with Gasteiger partial charge in [-0.25, -0.2) is 0 Å². The fourth-order valence-corrected chi connectivity index (χ4v) is 2.57. The Bertz CT molecular complexity index is 533. The van der Waals surface area contributed by atoms with Gasteiger partial charge in [-0.3, -0.25) is 9.59 Å². The molecule has 0 radical (unpaired) electrons. The van der Waals surface area contributed by atoms with Gasteiger partial charge in [0, 0.05) is 30.2 Å². The van der Waals surface area contributed by atoms with E-state index in [2.05, 4.69) is 18.7 Å². The molecule has 0 aliphatic heterocycles. The van der Waals surface area contributed by atoms with E-state index < -0.39 is 0 Å². The molecule has 24 heavy (non-hydrogen) atoms. The Balaban J connectivity index is 2.78. The number of nitrogens with zero attached hydrogens (tertiary/aromatic N) is 2. The van der Waals surface area contributed by atoms with Crippen molar-refractivity contribution in [2.45, 2.75) is 27.2 Å². The van der Waals surface area contributed by atoms with E-state index in [4.69, 9.17) is 16.3 Å². The van der Waals surface area contributed by atoms with Gasteiger partial charge in [0.05, 0.1) is 13.0 Å². The summed E-state index contributed by atoms with van der Waals surface area (Å²) in [5.74, 6) is -0.404. The Morgan fingerprint density at radius 3 is 2.38 bits per heavy atom. The maximum Gasteiger partial charge on any atom is 0.307 e. The number of amides is 1. The third kappa shape index (κ3) is 6.89. The largest absolute Gasteiger partial charge is 0.466 e. The number of hydrogen-bond acceptors (Lipinski definition) is 4. The van der Waals surface area contributed by atoms with Gasteiger partial charge >= 0.3 is 5.97 Å². The van der Waals surface area contributed by atoms with E-state index in [1.165, 1.54) is 0 Å². The van der Waals surface area contributed by atoms with Crippen molar-refractivity contribution in [3.63, 3.8) is 0 Å². The number of hydrogen-bond donors (Lipinski definition) is 0. The Morgan fingerprint density at radius 2 is 1.79 bits per heavy atom. The third-order valence-corrected chi connectivity index (χ3v) is 4.07. The van der Waals surface area contributed by atoms with Gasteiger partial charge in [0.25, 0.3) is 5.91 Å². The maximum absolute atomic E-state index is 12.8. The number of likely N-dealkylation sites (N-methyl/N-ethyl adjacent to an activating group) is 1. The highest BCUT2D eigenvalue weighted by atomic mass is 35.5. The number of benzene rings is 1. The molecule has 0 saturated heterocycles. The molecule has 0 N–H and O–H groups in total. The number of ether oxygens (including phenoxy) is 1. The van der Waals surface area contributed by atoms with Crippen LogP contribution in [-0.4, -0.2) is 61.0 Å². The molecule has 0 aromatic heterocycles. The summed E-state index contributed by atoms with van der Waals surface area (Å²) in [6, 6.07) is 6.88. The van der Waals surface area contributed by atoms with E-state index in [0.717, 1.165) is 19.6 Å². The summed E-state index contributed by atoms with van der Waals surface area (Å²) in [5, 5.41) is 0.523. The third-order valence-electron chi connectivity index (χ3n) is 3.83. The minimum atomic E-state index is -0.288. The quantitative estimate of drug-likeness (QED) is 0.606. The number of rotatable bonds is 10. The van der Waals surface area contributed by atoms with Crippen LogP contribution in [0.4, 0.5) is 0 Å². The zero-order chi connectivity index (χ0) is 17.9. The number of carbonyl (C=O) groups is 2. The minimum absolute atomic E-state index is 0.117. The Morgan fingerprint density at radius 1 is 1.08 bits per heavy atom. The minimum Gasteiger partial charge on any atom is -0.466 e. The van der Waals surface area contributed by atoms with Gasteiger partial charge in [0.1, 0.15) is 0 Å². The molecule has 5 nitrogen and oxygen atoms in total. The lowest BCUT2D eigenvalue weighted by Gasteiger charge is -2.26. The van der Waals surface area contributed by atoms with Crippen LogP contribution in [0.2, 0.25) is 5.02 Å². The predicted molar refractivity (Wildman–Crippen MR) is 96.4 cm³/mol. The van der Waals surface area contributed by atoms with Gasteiger partial charge in [0.2, 0.25) is 0 Å². The van der Waals surface area contributed by atoms with Gasteiger partial charge < -0.3 is 14.5 Å². The van der Waals surface area contributed by atoms with Crippen molar-refractivity contribution >= 4 is 23.5 Å². The number of carbonyl (C=O) groups excluding carboxylic acids is 2. The predicted octanol–water partition coefficient (Wildman–Crippen LogP) is 3.08. The summed E-state index contributed by atoms with van der Waals surface area (Å²) < 4.78 is 4.96. The van der Waals surface area contributed by atoms with E-state index in [9.17, 15) is 9.59 Å². The van der Waals surface area contributed by atoms with Crippen LogP contribution in [0.5, 0.6) is 0 Å². The molecular formula is C18H27ClN2O3. The molecule has 0 aliphatic carbocycles. The Labute approximate surface area is 149 Å². The number of halogens is 1. The highest BCUT2D eigenvalue weighted by Gasteiger charge is 2.18. The molecular weight excluding hydrogens is 328 g/mol. The zero-order valence-corrected chi connectivity index (χ0v) is 15.5. The van der Waals surface area contributed by atoms with Crippen LogP contribution in [0.1, 0.15) is 37.6 Å². The van der Waals surface area contributed by atoms with Crippen LogP contribution in [0, 0.1) is 0 Å². The molecule has 1 rings (SSSR count). The average molecular weight is 355 g/mol. The fraction of sp³-hybridized carbons (Fsp3) is 0.556. The normalized spacial score (nSPS) is 10.7. The van der Waals surface area contributed by atoms with Crippen LogP contribution in [0.3, 0.4) is 0 Å². The second-order valence-electron chi connectivity index (χ2n) is 5.38. The van der Waals surface area contributed by atoms with E-state index >= 15 is 0 Å². The molecule has 0 unspecified atom stereocenters. The first kappa shape index (κ1) is 20.5. The summed E-state index contributed by atoms with van der Waals surface area (Å²) >= 11 is 5.98. The topological polar surface area (TPSA) is 49.9 Å². The van der Waals surface area contributed by atoms with Crippen molar-refractivity contribution in [2.24, 2.45) is 0 Å². The fourth-order valence-electron chi connectivity index (χ4n) is 2.38. The molecule has 0 aliphatic rings. The highest BCUT2D eigenvalue weighted by Crippen LogP contribution is 2.13. The molecule has 134 valence electrons. The Kier molecular flexibility index (Phi) is 9.42. The van der Waals surface area contributed by atoms with Gasteiger partial charge in [0.15, 0.2) is 0 Å². The summed E-state index contributed by atoms with van der Waals surface area (Å²) in [4.78, 5) is 28.3. The zero-order valence-electron chi connectivity index (χ0n) is 14.8. The van der Waals surface area contributed by atoms with Crippen LogP contribution in [-0.2, 0) is 9.53 Å². The first-order valence-electron chi connectivity index (χ1n) is 8.44. The summed E-state index contributed by atoms with van der Waals surface area (Å²) in [5.41, 5.74) is 0.533. The van der Waals surface area contributed by atoms with E-state index in [1.807, 2.05) is 0 Å². The second kappa shape index (κ2) is 11.0. The lowest BCUT2D eigenvalue weighted by molar-refractivity contribution is -0.143. The van der Waals surface area contributed by atoms with Gasteiger partial charge in [-0.1, -0.05) is 31.5 Å². The average Bonchev–Trinajstić information content (AvgIpc) is 2.58. The summed E-state index contributed by atoms with van der Waals surface area (Å²) in [7, 11) is 0. The summed E-state index contributed by atoms with van der Waals surface area (Å²) in [6.45, 7) is 9.81. The summed E-state index contributed by atoms with van der Waals surface area (Å²) in [6.07, 6.45) is 0.193. The smallest absolute Gasteiger partial charge is 0.307 e. The monoisotopic (exact) mass is 354 g/mol. The molecule has 0 saturated carbocycles. The molecule has 1 amide bonds. The molecule has 1 aromatic carbocycles. The van der Waals surface area contributed by atoms with Crippen molar-refractivity contribution in [2.75, 3.05) is 39.3 Å². The van der Waals surface area contributed by atoms with E-state index in [-0.39, 0.29) is 18.3 Å². The van der Waals surface area contributed by atoms with Crippen LogP contribution < -0.4 is 0 Å². The van der Waals surface area contributed by atoms with Crippen molar-refractivity contribution in [3.8, 4) is 0 Å². The molecule has 6 heteroatoms. The molecule has 0 fully saturated rings. The molecule has 0 heterocycles. The highest BCUT2D eigenvalue weighted by molar-refractivity contribution is 6.30. The molecule has 0 bridgehead atoms. The first-order chi connectivity index (χ1) is 11.5. The maximum atomic E-state index is 12.8. The van der Waals surface area contributed by atoms with Crippen molar-refractivity contribution in [3.05, 3.63) is 34.9 Å². The van der Waals surface area contributed by atoms with Gasteiger partial charge in [-0.2, -0.15) is 0 Å². The Hall–Kier alpha value is -1.59. The van der Waals surface area contributed by atoms with Gasteiger partial charge in [-0.05, 0) is 38.2 Å². The number of esters is 1. The van der Waals surface area contributed by atoms with Crippen LogP contribution >= 0.6 is 11.6 Å². The van der Waals surface area contributed by atoms with E-state index in [0.29, 0.717) is 30.3 Å². The molecule has 1 aromatic rings.